The third-order valence-corrected chi connectivity index (χ3v) is 1.88. The molecular formula is C10H20N. The van der Waals surface area contributed by atoms with Crippen LogP contribution in [0, 0.1) is 0 Å². The van der Waals surface area contributed by atoms with E-state index in [0.29, 0.717) is 6.54 Å². The molecule has 0 heterocycles. The van der Waals surface area contributed by atoms with Gasteiger partial charge in [0.2, 0.25) is 0 Å². The molecule has 0 aliphatic carbocycles. The summed E-state index contributed by atoms with van der Waals surface area (Å²) in [6, 6.07) is 0. The molecule has 65 valence electrons. The molecule has 1 N–H and O–H groups in total. The van der Waals surface area contributed by atoms with Crippen molar-refractivity contribution in [3.8, 4) is 0 Å². The molecule has 0 rings (SSSR count). The minimum absolute atomic E-state index is 0.410. The van der Waals surface area contributed by atoms with Crippen molar-refractivity contribution in [1.29, 1.82) is 0 Å². The third-order valence-electron chi connectivity index (χ3n) is 1.88. The lowest BCUT2D eigenvalue weighted by molar-refractivity contribution is 0.628. The second-order valence-electron chi connectivity index (χ2n) is 3.09. The highest BCUT2D eigenvalue weighted by atomic mass is 14.5. The summed E-state index contributed by atoms with van der Waals surface area (Å²) in [5, 5.41) is 0. The van der Waals surface area contributed by atoms with Crippen LogP contribution in [0.15, 0.2) is 12.2 Å². The normalized spacial score (nSPS) is 10.0. The summed E-state index contributed by atoms with van der Waals surface area (Å²) in [5.41, 5.74) is 8.11. The van der Waals surface area contributed by atoms with Crippen molar-refractivity contribution in [1.82, 2.24) is 5.73 Å². The fourth-order valence-electron chi connectivity index (χ4n) is 1.07. The van der Waals surface area contributed by atoms with Gasteiger partial charge in [-0.2, -0.15) is 0 Å². The molecule has 0 saturated heterocycles. The van der Waals surface area contributed by atoms with E-state index in [1.54, 1.807) is 0 Å². The molecule has 0 aromatic rings. The van der Waals surface area contributed by atoms with Crippen molar-refractivity contribution >= 4 is 0 Å². The van der Waals surface area contributed by atoms with Gasteiger partial charge in [0.05, 0.1) is 0 Å². The van der Waals surface area contributed by atoms with Crippen LogP contribution in [0.4, 0.5) is 0 Å². The van der Waals surface area contributed by atoms with Gasteiger partial charge in [-0.3, -0.25) is 5.73 Å². The zero-order valence-corrected chi connectivity index (χ0v) is 7.66. The highest BCUT2D eigenvalue weighted by molar-refractivity contribution is 4.94. The van der Waals surface area contributed by atoms with Gasteiger partial charge in [0.1, 0.15) is 0 Å². The molecule has 0 aliphatic heterocycles. The Morgan fingerprint density at radius 1 is 1.18 bits per heavy atom. The van der Waals surface area contributed by atoms with Crippen LogP contribution in [0.1, 0.15) is 45.4 Å². The minimum atomic E-state index is 0.410. The quantitative estimate of drug-likeness (QED) is 0.397. The summed E-state index contributed by atoms with van der Waals surface area (Å²) in [5.74, 6) is 0. The molecule has 0 aromatic heterocycles. The van der Waals surface area contributed by atoms with Gasteiger partial charge in [-0.1, -0.05) is 44.8 Å². The zero-order chi connectivity index (χ0) is 8.53. The number of rotatable bonds is 7. The molecular weight excluding hydrogens is 134 g/mol. The SMILES string of the molecule is C=C(C[NH])CCCCCCC. The lowest BCUT2D eigenvalue weighted by atomic mass is 10.1. The van der Waals surface area contributed by atoms with Gasteiger partial charge < -0.3 is 0 Å². The maximum Gasteiger partial charge on any atom is 0.0307 e. The molecule has 0 unspecified atom stereocenters. The van der Waals surface area contributed by atoms with E-state index >= 15 is 0 Å². The Labute approximate surface area is 70.7 Å². The van der Waals surface area contributed by atoms with E-state index in [-0.39, 0.29) is 0 Å². The van der Waals surface area contributed by atoms with E-state index in [0.717, 1.165) is 12.0 Å². The van der Waals surface area contributed by atoms with Crippen LogP contribution >= 0.6 is 0 Å². The fraction of sp³-hybridized carbons (Fsp3) is 0.800. The molecule has 0 fully saturated rings. The first-order valence-electron chi connectivity index (χ1n) is 4.62. The van der Waals surface area contributed by atoms with Crippen molar-refractivity contribution in [3.63, 3.8) is 0 Å². The summed E-state index contributed by atoms with van der Waals surface area (Å²) in [6.45, 7) is 6.44. The van der Waals surface area contributed by atoms with Gasteiger partial charge in [0.25, 0.3) is 0 Å². The van der Waals surface area contributed by atoms with Crippen LogP contribution in [0.3, 0.4) is 0 Å². The Kier molecular flexibility index (Phi) is 7.59. The fourth-order valence-corrected chi connectivity index (χ4v) is 1.07. The van der Waals surface area contributed by atoms with E-state index in [9.17, 15) is 0 Å². The Morgan fingerprint density at radius 3 is 2.36 bits per heavy atom. The molecule has 0 amide bonds. The van der Waals surface area contributed by atoms with E-state index in [4.69, 9.17) is 5.73 Å². The maximum atomic E-state index is 7.03. The lowest BCUT2D eigenvalue weighted by Gasteiger charge is -2.00. The van der Waals surface area contributed by atoms with Gasteiger partial charge in [0, 0.05) is 6.54 Å². The maximum absolute atomic E-state index is 7.03. The highest BCUT2D eigenvalue weighted by Crippen LogP contribution is 2.08. The molecule has 0 bridgehead atoms. The Hall–Kier alpha value is -0.300. The number of unbranched alkanes of at least 4 members (excludes halogenated alkanes) is 4. The number of hydrogen-bond donors (Lipinski definition) is 0. The molecule has 0 aromatic carbocycles. The molecule has 1 nitrogen and oxygen atoms in total. The molecule has 11 heavy (non-hydrogen) atoms. The number of nitrogens with one attached hydrogen (secondary N) is 1. The average Bonchev–Trinajstić information content (AvgIpc) is 2.04. The van der Waals surface area contributed by atoms with Crippen LogP contribution in [-0.4, -0.2) is 6.54 Å². The van der Waals surface area contributed by atoms with E-state index in [2.05, 4.69) is 13.5 Å². The summed E-state index contributed by atoms with van der Waals surface area (Å²) in [7, 11) is 0. The van der Waals surface area contributed by atoms with Crippen LogP contribution in [0.2, 0.25) is 0 Å². The second kappa shape index (κ2) is 7.80. The van der Waals surface area contributed by atoms with Crippen LogP contribution in [0.5, 0.6) is 0 Å². The smallest absolute Gasteiger partial charge is 0.0307 e. The predicted octanol–water partition coefficient (Wildman–Crippen LogP) is 3.19. The average molecular weight is 154 g/mol. The van der Waals surface area contributed by atoms with Gasteiger partial charge in [-0.25, -0.2) is 0 Å². The van der Waals surface area contributed by atoms with Crippen molar-refractivity contribution in [2.75, 3.05) is 6.54 Å². The van der Waals surface area contributed by atoms with Crippen LogP contribution < -0.4 is 5.73 Å². The Balaban J connectivity index is 2.95. The molecule has 0 spiro atoms. The highest BCUT2D eigenvalue weighted by Gasteiger charge is 1.91. The predicted molar refractivity (Wildman–Crippen MR) is 50.5 cm³/mol. The minimum Gasteiger partial charge on any atom is -0.253 e. The second-order valence-corrected chi connectivity index (χ2v) is 3.09. The number of hydrogen-bond acceptors (Lipinski definition) is 0. The summed E-state index contributed by atoms with van der Waals surface area (Å²) >= 11 is 0. The summed E-state index contributed by atoms with van der Waals surface area (Å²) < 4.78 is 0. The molecule has 0 saturated carbocycles. The molecule has 0 aliphatic rings. The molecule has 1 radical (unpaired) electrons. The van der Waals surface area contributed by atoms with Crippen molar-refractivity contribution < 1.29 is 0 Å². The van der Waals surface area contributed by atoms with Crippen LogP contribution in [-0.2, 0) is 0 Å². The standard InChI is InChI=1S/C10H20N/c1-3-4-5-6-7-8-10(2)9-11/h11H,2-9H2,1H3. The third kappa shape index (κ3) is 7.60. The van der Waals surface area contributed by atoms with E-state index < -0.39 is 0 Å². The monoisotopic (exact) mass is 154 g/mol. The van der Waals surface area contributed by atoms with E-state index in [1.165, 1.54) is 32.1 Å². The molecule has 0 atom stereocenters. The van der Waals surface area contributed by atoms with Crippen molar-refractivity contribution in [2.24, 2.45) is 0 Å². The lowest BCUT2D eigenvalue weighted by Crippen LogP contribution is -1.90. The topological polar surface area (TPSA) is 23.8 Å². The van der Waals surface area contributed by atoms with Crippen molar-refractivity contribution in [2.45, 2.75) is 45.4 Å². The van der Waals surface area contributed by atoms with Gasteiger partial charge >= 0.3 is 0 Å². The van der Waals surface area contributed by atoms with Crippen molar-refractivity contribution in [3.05, 3.63) is 12.2 Å². The molecule has 1 heteroatoms. The summed E-state index contributed by atoms with van der Waals surface area (Å²) in [4.78, 5) is 0. The van der Waals surface area contributed by atoms with E-state index in [1.807, 2.05) is 0 Å². The van der Waals surface area contributed by atoms with Gasteiger partial charge in [-0.15, -0.1) is 0 Å². The Morgan fingerprint density at radius 2 is 1.82 bits per heavy atom. The summed E-state index contributed by atoms with van der Waals surface area (Å²) in [6.07, 6.45) is 7.62. The van der Waals surface area contributed by atoms with Gasteiger partial charge in [0.15, 0.2) is 0 Å². The van der Waals surface area contributed by atoms with Crippen LogP contribution in [0.25, 0.3) is 0 Å². The Bertz CT molecular complexity index is 97.0. The first-order chi connectivity index (χ1) is 5.31. The zero-order valence-electron chi connectivity index (χ0n) is 7.66. The first kappa shape index (κ1) is 10.7. The largest absolute Gasteiger partial charge is 0.253 e. The van der Waals surface area contributed by atoms with Gasteiger partial charge in [-0.05, 0) is 12.8 Å². The first-order valence-corrected chi connectivity index (χ1v) is 4.62.